The third-order valence-electron chi connectivity index (χ3n) is 2.83. The number of benzene rings is 2. The van der Waals surface area contributed by atoms with E-state index in [0.29, 0.717) is 5.69 Å². The lowest BCUT2D eigenvalue weighted by Crippen LogP contribution is -2.17. The van der Waals surface area contributed by atoms with Gasteiger partial charge in [0.15, 0.2) is 0 Å². The Morgan fingerprint density at radius 2 is 1.81 bits per heavy atom. The Kier molecular flexibility index (Phi) is 4.59. The predicted molar refractivity (Wildman–Crippen MR) is 84.3 cm³/mol. The first kappa shape index (κ1) is 15.1. The van der Waals surface area contributed by atoms with E-state index in [4.69, 9.17) is 10.8 Å². The summed E-state index contributed by atoms with van der Waals surface area (Å²) in [5, 5.41) is 11.7. The highest BCUT2D eigenvalue weighted by molar-refractivity contribution is 9.10. The molecule has 1 amide bonds. The topological polar surface area (TPSA) is 92.4 Å². The second kappa shape index (κ2) is 6.41. The van der Waals surface area contributed by atoms with Crippen LogP contribution in [0.25, 0.3) is 0 Å². The number of nitrogens with two attached hydrogens (primary N) is 1. The monoisotopic (exact) mass is 348 g/mol. The van der Waals surface area contributed by atoms with Gasteiger partial charge in [-0.15, -0.1) is 0 Å². The van der Waals surface area contributed by atoms with E-state index in [1.807, 2.05) is 24.3 Å². The molecular formula is C15H13BrN2O3. The number of hydrogen-bond acceptors (Lipinski definition) is 3. The van der Waals surface area contributed by atoms with Gasteiger partial charge in [0.05, 0.1) is 17.7 Å². The molecule has 21 heavy (non-hydrogen) atoms. The van der Waals surface area contributed by atoms with Gasteiger partial charge in [-0.05, 0) is 35.9 Å². The summed E-state index contributed by atoms with van der Waals surface area (Å²) in [6.45, 7) is 0. The maximum absolute atomic E-state index is 12.0. The van der Waals surface area contributed by atoms with Crippen molar-refractivity contribution in [3.8, 4) is 0 Å². The Bertz CT molecular complexity index is 684. The molecule has 0 radical (unpaired) electrons. The molecule has 0 atom stereocenters. The van der Waals surface area contributed by atoms with Crippen LogP contribution in [-0.2, 0) is 11.2 Å². The lowest BCUT2D eigenvalue weighted by Gasteiger charge is -2.09. The number of carboxylic acids is 1. The van der Waals surface area contributed by atoms with E-state index < -0.39 is 5.97 Å². The summed E-state index contributed by atoms with van der Waals surface area (Å²) in [5.74, 6) is -1.42. The third-order valence-corrected chi connectivity index (χ3v) is 3.35. The fourth-order valence-electron chi connectivity index (χ4n) is 1.83. The van der Waals surface area contributed by atoms with Crippen LogP contribution in [0, 0.1) is 0 Å². The SMILES string of the molecule is Nc1ccc(C(=O)O)c(NC(=O)Cc2ccc(Br)cc2)c1. The number of hydrogen-bond donors (Lipinski definition) is 3. The van der Waals surface area contributed by atoms with E-state index in [0.717, 1.165) is 10.0 Å². The molecule has 6 heteroatoms. The van der Waals surface area contributed by atoms with Gasteiger partial charge in [-0.1, -0.05) is 28.1 Å². The first-order valence-electron chi connectivity index (χ1n) is 6.13. The molecule has 0 aromatic heterocycles. The van der Waals surface area contributed by atoms with E-state index in [9.17, 15) is 9.59 Å². The second-order valence-corrected chi connectivity index (χ2v) is 5.38. The number of halogens is 1. The van der Waals surface area contributed by atoms with Gasteiger partial charge < -0.3 is 16.2 Å². The third kappa shape index (κ3) is 4.06. The molecule has 5 nitrogen and oxygen atoms in total. The van der Waals surface area contributed by atoms with Gasteiger partial charge in [-0.2, -0.15) is 0 Å². The number of carboxylic acid groups (broad SMARTS) is 1. The molecule has 108 valence electrons. The smallest absolute Gasteiger partial charge is 0.337 e. The average Bonchev–Trinajstić information content (AvgIpc) is 2.41. The summed E-state index contributed by atoms with van der Waals surface area (Å²) in [5.41, 5.74) is 7.05. The molecule has 0 spiro atoms. The molecule has 0 aliphatic carbocycles. The molecule has 0 bridgehead atoms. The molecule has 0 unspecified atom stereocenters. The Morgan fingerprint density at radius 1 is 1.14 bits per heavy atom. The number of carbonyl (C=O) groups excluding carboxylic acids is 1. The van der Waals surface area contributed by atoms with E-state index in [1.54, 1.807) is 0 Å². The molecule has 0 fully saturated rings. The van der Waals surface area contributed by atoms with Crippen LogP contribution in [0.5, 0.6) is 0 Å². The molecule has 0 heterocycles. The number of nitrogens with one attached hydrogen (secondary N) is 1. The van der Waals surface area contributed by atoms with Crippen molar-refractivity contribution in [1.29, 1.82) is 0 Å². The predicted octanol–water partition coefficient (Wildman–Crippen LogP) is 2.91. The van der Waals surface area contributed by atoms with Crippen molar-refractivity contribution in [2.75, 3.05) is 11.1 Å². The van der Waals surface area contributed by atoms with Crippen molar-refractivity contribution in [2.24, 2.45) is 0 Å². The van der Waals surface area contributed by atoms with E-state index >= 15 is 0 Å². The van der Waals surface area contributed by atoms with Gasteiger partial charge >= 0.3 is 5.97 Å². The minimum Gasteiger partial charge on any atom is -0.478 e. The van der Waals surface area contributed by atoms with E-state index in [1.165, 1.54) is 18.2 Å². The Hall–Kier alpha value is -2.34. The first-order valence-corrected chi connectivity index (χ1v) is 6.92. The fourth-order valence-corrected chi connectivity index (χ4v) is 2.10. The fraction of sp³-hybridized carbons (Fsp3) is 0.0667. The van der Waals surface area contributed by atoms with Crippen molar-refractivity contribution in [3.05, 3.63) is 58.1 Å². The molecule has 0 aliphatic heterocycles. The van der Waals surface area contributed by atoms with Crippen LogP contribution in [0.1, 0.15) is 15.9 Å². The van der Waals surface area contributed by atoms with Gasteiger partial charge in [0.2, 0.25) is 5.91 Å². The summed E-state index contributed by atoms with van der Waals surface area (Å²) < 4.78 is 0.927. The molecule has 2 aromatic carbocycles. The van der Waals surface area contributed by atoms with Crippen LogP contribution >= 0.6 is 15.9 Å². The highest BCUT2D eigenvalue weighted by atomic mass is 79.9. The summed E-state index contributed by atoms with van der Waals surface area (Å²) in [6.07, 6.45) is 0.154. The largest absolute Gasteiger partial charge is 0.478 e. The maximum Gasteiger partial charge on any atom is 0.337 e. The van der Waals surface area contributed by atoms with Gasteiger partial charge in [-0.25, -0.2) is 4.79 Å². The van der Waals surface area contributed by atoms with Crippen LogP contribution in [0.4, 0.5) is 11.4 Å². The molecule has 0 saturated heterocycles. The zero-order chi connectivity index (χ0) is 15.4. The van der Waals surface area contributed by atoms with Crippen LogP contribution < -0.4 is 11.1 Å². The van der Waals surface area contributed by atoms with Crippen molar-refractivity contribution in [1.82, 2.24) is 0 Å². The maximum atomic E-state index is 12.0. The van der Waals surface area contributed by atoms with Gasteiger partial charge in [0, 0.05) is 10.2 Å². The van der Waals surface area contributed by atoms with E-state index in [-0.39, 0.29) is 23.6 Å². The number of aromatic carboxylic acids is 1. The summed E-state index contributed by atoms with van der Waals surface area (Å²) in [7, 11) is 0. The summed E-state index contributed by atoms with van der Waals surface area (Å²) in [6, 6.07) is 11.6. The highest BCUT2D eigenvalue weighted by Gasteiger charge is 2.13. The van der Waals surface area contributed by atoms with Crippen molar-refractivity contribution >= 4 is 39.2 Å². The minimum absolute atomic E-state index is 0.00774. The average molecular weight is 349 g/mol. The molecule has 2 aromatic rings. The minimum atomic E-state index is -1.12. The van der Waals surface area contributed by atoms with E-state index in [2.05, 4.69) is 21.2 Å². The Morgan fingerprint density at radius 3 is 2.43 bits per heavy atom. The van der Waals surface area contributed by atoms with Crippen molar-refractivity contribution < 1.29 is 14.7 Å². The number of amides is 1. The molecular weight excluding hydrogens is 336 g/mol. The van der Waals surface area contributed by atoms with Crippen LogP contribution in [0.3, 0.4) is 0 Å². The van der Waals surface area contributed by atoms with Gasteiger partial charge in [0.1, 0.15) is 0 Å². The number of rotatable bonds is 4. The van der Waals surface area contributed by atoms with Crippen LogP contribution in [0.2, 0.25) is 0 Å². The standard InChI is InChI=1S/C15H13BrN2O3/c16-10-3-1-9(2-4-10)7-14(19)18-13-8-11(17)5-6-12(13)15(20)21/h1-6,8H,7,17H2,(H,18,19)(H,20,21). The molecule has 2 rings (SSSR count). The Labute approximate surface area is 129 Å². The zero-order valence-corrected chi connectivity index (χ0v) is 12.6. The molecule has 0 saturated carbocycles. The van der Waals surface area contributed by atoms with Crippen molar-refractivity contribution in [3.63, 3.8) is 0 Å². The zero-order valence-electron chi connectivity index (χ0n) is 11.0. The second-order valence-electron chi connectivity index (χ2n) is 4.46. The van der Waals surface area contributed by atoms with Gasteiger partial charge in [-0.3, -0.25) is 4.79 Å². The quantitative estimate of drug-likeness (QED) is 0.740. The van der Waals surface area contributed by atoms with Crippen molar-refractivity contribution in [2.45, 2.75) is 6.42 Å². The lowest BCUT2D eigenvalue weighted by atomic mass is 10.1. The number of anilines is 2. The van der Waals surface area contributed by atoms with Crippen LogP contribution in [0.15, 0.2) is 46.9 Å². The summed E-state index contributed by atoms with van der Waals surface area (Å²) in [4.78, 5) is 23.1. The molecule has 4 N–H and O–H groups in total. The Balaban J connectivity index is 2.14. The van der Waals surface area contributed by atoms with Gasteiger partial charge in [0.25, 0.3) is 0 Å². The number of nitrogen functional groups attached to an aromatic ring is 1. The van der Waals surface area contributed by atoms with Crippen LogP contribution in [-0.4, -0.2) is 17.0 Å². The first-order chi connectivity index (χ1) is 9.95. The summed E-state index contributed by atoms with van der Waals surface area (Å²) >= 11 is 3.32. The molecule has 0 aliphatic rings. The number of carbonyl (C=O) groups is 2. The normalized spacial score (nSPS) is 10.1. The lowest BCUT2D eigenvalue weighted by molar-refractivity contribution is -0.115. The highest BCUT2D eigenvalue weighted by Crippen LogP contribution is 2.20.